The molecule has 2 nitrogen and oxygen atoms in total. The van der Waals surface area contributed by atoms with Gasteiger partial charge in [0.1, 0.15) is 18.9 Å². The molecule has 0 radical (unpaired) electrons. The van der Waals surface area contributed by atoms with Crippen molar-refractivity contribution >= 4 is 15.9 Å². The summed E-state index contributed by atoms with van der Waals surface area (Å²) in [5.41, 5.74) is 0. The van der Waals surface area contributed by atoms with Crippen molar-refractivity contribution in [1.82, 2.24) is 0 Å². The minimum atomic E-state index is 0.790. The fourth-order valence-corrected chi connectivity index (χ4v) is 1.71. The van der Waals surface area contributed by atoms with Gasteiger partial charge in [0.25, 0.3) is 0 Å². The Kier molecular flexibility index (Phi) is 5.73. The summed E-state index contributed by atoms with van der Waals surface area (Å²) in [4.78, 5) is 1.58. The maximum absolute atomic E-state index is 5.65. The van der Waals surface area contributed by atoms with Crippen LogP contribution < -0.4 is 9.64 Å². The molecule has 1 aromatic carbocycles. The van der Waals surface area contributed by atoms with Gasteiger partial charge in [-0.1, -0.05) is 15.9 Å². The fourth-order valence-electron chi connectivity index (χ4n) is 1.45. The van der Waals surface area contributed by atoms with Crippen LogP contribution in [0.25, 0.3) is 0 Å². The van der Waals surface area contributed by atoms with Crippen LogP contribution in [0.2, 0.25) is 0 Å². The Hall–Kier alpha value is -0.540. The third-order valence-electron chi connectivity index (χ3n) is 2.54. The molecule has 0 spiro atoms. The third kappa shape index (κ3) is 4.67. The molecule has 84 valence electrons. The molecule has 0 heterocycles. The maximum Gasteiger partial charge on any atom is 0.137 e. The average Bonchev–Trinajstić information content (AvgIpc) is 2.27. The molecule has 0 fully saturated rings. The summed E-state index contributed by atoms with van der Waals surface area (Å²) in [7, 11) is 0. The van der Waals surface area contributed by atoms with Gasteiger partial charge in [-0.25, -0.2) is 0 Å². The molecule has 1 aromatic rings. The van der Waals surface area contributed by atoms with Crippen molar-refractivity contribution in [2.24, 2.45) is 0 Å². The van der Waals surface area contributed by atoms with Gasteiger partial charge < -0.3 is 9.64 Å². The summed E-state index contributed by atoms with van der Waals surface area (Å²) in [6.45, 7) is 8.61. The second-order valence-electron chi connectivity index (χ2n) is 3.51. The predicted molar refractivity (Wildman–Crippen MR) is 66.5 cm³/mol. The average molecular weight is 273 g/mol. The number of ether oxygens (including phenoxy) is 1. The zero-order valence-corrected chi connectivity index (χ0v) is 11.0. The van der Waals surface area contributed by atoms with Crippen molar-refractivity contribution < 1.29 is 9.64 Å². The van der Waals surface area contributed by atoms with Crippen LogP contribution in [-0.2, 0) is 0 Å². The lowest BCUT2D eigenvalue weighted by Gasteiger charge is -2.15. The van der Waals surface area contributed by atoms with Crippen LogP contribution >= 0.6 is 15.9 Å². The van der Waals surface area contributed by atoms with Crippen LogP contribution in [0.1, 0.15) is 13.8 Å². The van der Waals surface area contributed by atoms with E-state index in [4.69, 9.17) is 4.74 Å². The standard InChI is InChI=1S/C12H18BrNO/c1-3-14(4-2)9-10-15-12-7-5-11(13)6-8-12/h5-8H,3-4,9-10H2,1-2H3/p+1. The first kappa shape index (κ1) is 12.5. The van der Waals surface area contributed by atoms with E-state index in [0.717, 1.165) is 23.4 Å². The molecule has 1 rings (SSSR count). The molecular formula is C12H19BrNO+. The molecule has 0 aliphatic heterocycles. The van der Waals surface area contributed by atoms with E-state index in [-0.39, 0.29) is 0 Å². The molecule has 1 N–H and O–H groups in total. The maximum atomic E-state index is 5.65. The van der Waals surface area contributed by atoms with Gasteiger partial charge in [-0.15, -0.1) is 0 Å². The van der Waals surface area contributed by atoms with Crippen molar-refractivity contribution in [3.8, 4) is 5.75 Å². The molecule has 0 aliphatic rings. The zero-order chi connectivity index (χ0) is 11.1. The SMILES string of the molecule is CC[NH+](CC)CCOc1ccc(Br)cc1. The van der Waals surface area contributed by atoms with Gasteiger partial charge in [0, 0.05) is 4.47 Å². The molecule has 0 saturated carbocycles. The van der Waals surface area contributed by atoms with Crippen LogP contribution in [-0.4, -0.2) is 26.2 Å². The molecule has 0 atom stereocenters. The Bertz CT molecular complexity index is 269. The molecule has 0 amide bonds. The van der Waals surface area contributed by atoms with E-state index in [0.29, 0.717) is 0 Å². The molecule has 0 aliphatic carbocycles. The minimum absolute atomic E-state index is 0.790. The van der Waals surface area contributed by atoms with Crippen LogP contribution in [0.5, 0.6) is 5.75 Å². The second-order valence-corrected chi connectivity index (χ2v) is 4.43. The number of rotatable bonds is 6. The first-order valence-electron chi connectivity index (χ1n) is 5.48. The first-order valence-corrected chi connectivity index (χ1v) is 6.27. The molecule has 0 saturated heterocycles. The number of quaternary nitrogens is 1. The summed E-state index contributed by atoms with van der Waals surface area (Å²) >= 11 is 3.40. The van der Waals surface area contributed by atoms with Gasteiger partial charge in [0.15, 0.2) is 0 Å². The number of hydrogen-bond acceptors (Lipinski definition) is 1. The van der Waals surface area contributed by atoms with E-state index in [2.05, 4.69) is 29.8 Å². The van der Waals surface area contributed by atoms with E-state index < -0.39 is 0 Å². The topological polar surface area (TPSA) is 13.7 Å². The highest BCUT2D eigenvalue weighted by Gasteiger charge is 2.02. The highest BCUT2D eigenvalue weighted by atomic mass is 79.9. The monoisotopic (exact) mass is 272 g/mol. The van der Waals surface area contributed by atoms with E-state index in [9.17, 15) is 0 Å². The highest BCUT2D eigenvalue weighted by molar-refractivity contribution is 9.10. The summed E-state index contributed by atoms with van der Waals surface area (Å²) in [5.74, 6) is 0.949. The van der Waals surface area contributed by atoms with Crippen LogP contribution in [0.3, 0.4) is 0 Å². The molecule has 3 heteroatoms. The molecule has 0 bridgehead atoms. The largest absolute Gasteiger partial charge is 0.488 e. The van der Waals surface area contributed by atoms with Gasteiger partial charge >= 0.3 is 0 Å². The van der Waals surface area contributed by atoms with Gasteiger partial charge in [0.05, 0.1) is 13.1 Å². The third-order valence-corrected chi connectivity index (χ3v) is 3.07. The van der Waals surface area contributed by atoms with Gasteiger partial charge in [0.2, 0.25) is 0 Å². The quantitative estimate of drug-likeness (QED) is 0.833. The fraction of sp³-hybridized carbons (Fsp3) is 0.500. The van der Waals surface area contributed by atoms with Crippen molar-refractivity contribution in [3.63, 3.8) is 0 Å². The summed E-state index contributed by atoms with van der Waals surface area (Å²) in [6.07, 6.45) is 0. The predicted octanol–water partition coefficient (Wildman–Crippen LogP) is 1.75. The molecule has 0 unspecified atom stereocenters. The van der Waals surface area contributed by atoms with Crippen molar-refractivity contribution in [2.75, 3.05) is 26.2 Å². The van der Waals surface area contributed by atoms with Gasteiger partial charge in [-0.3, -0.25) is 0 Å². The summed E-state index contributed by atoms with van der Waals surface area (Å²) < 4.78 is 6.74. The lowest BCUT2D eigenvalue weighted by atomic mass is 10.3. The van der Waals surface area contributed by atoms with Crippen molar-refractivity contribution in [2.45, 2.75) is 13.8 Å². The normalized spacial score (nSPS) is 10.7. The van der Waals surface area contributed by atoms with E-state index >= 15 is 0 Å². The van der Waals surface area contributed by atoms with E-state index in [1.165, 1.54) is 13.1 Å². The van der Waals surface area contributed by atoms with Crippen LogP contribution in [0.4, 0.5) is 0 Å². The number of hydrogen-bond donors (Lipinski definition) is 1. The summed E-state index contributed by atoms with van der Waals surface area (Å²) in [6, 6.07) is 7.97. The van der Waals surface area contributed by atoms with Gasteiger partial charge in [-0.05, 0) is 38.1 Å². The van der Waals surface area contributed by atoms with E-state index in [1.807, 2.05) is 24.3 Å². The zero-order valence-electron chi connectivity index (χ0n) is 9.42. The lowest BCUT2D eigenvalue weighted by Crippen LogP contribution is -3.12. The smallest absolute Gasteiger partial charge is 0.137 e. The molecular weight excluding hydrogens is 254 g/mol. The number of halogens is 1. The molecule has 0 aromatic heterocycles. The number of nitrogens with one attached hydrogen (secondary N) is 1. The summed E-state index contributed by atoms with van der Waals surface area (Å²) in [5, 5.41) is 0. The Labute approximate surface area is 100 Å². The van der Waals surface area contributed by atoms with E-state index in [1.54, 1.807) is 4.90 Å². The van der Waals surface area contributed by atoms with Crippen LogP contribution in [0, 0.1) is 0 Å². The van der Waals surface area contributed by atoms with Crippen molar-refractivity contribution in [1.29, 1.82) is 0 Å². The van der Waals surface area contributed by atoms with Crippen LogP contribution in [0.15, 0.2) is 28.7 Å². The Morgan fingerprint density at radius 2 is 1.73 bits per heavy atom. The van der Waals surface area contributed by atoms with Crippen molar-refractivity contribution in [3.05, 3.63) is 28.7 Å². The molecule has 15 heavy (non-hydrogen) atoms. The Morgan fingerprint density at radius 3 is 2.27 bits per heavy atom. The Morgan fingerprint density at radius 1 is 1.13 bits per heavy atom. The number of likely N-dealkylation sites (N-methyl/N-ethyl adjacent to an activating group) is 1. The minimum Gasteiger partial charge on any atom is -0.488 e. The first-order chi connectivity index (χ1) is 7.26. The van der Waals surface area contributed by atoms with Gasteiger partial charge in [-0.2, -0.15) is 0 Å². The highest BCUT2D eigenvalue weighted by Crippen LogP contribution is 2.15. The second kappa shape index (κ2) is 6.85. The Balaban J connectivity index is 2.28. The number of benzene rings is 1. The lowest BCUT2D eigenvalue weighted by molar-refractivity contribution is -0.896.